The summed E-state index contributed by atoms with van der Waals surface area (Å²) in [6, 6.07) is 2.40. The van der Waals surface area contributed by atoms with E-state index in [-0.39, 0.29) is 0 Å². The van der Waals surface area contributed by atoms with E-state index in [0.717, 1.165) is 6.07 Å². The van der Waals surface area contributed by atoms with Crippen molar-refractivity contribution in [2.45, 2.75) is 12.8 Å². The number of alkyl halides is 2. The molecule has 0 bridgehead atoms. The van der Waals surface area contributed by atoms with E-state index in [1.54, 1.807) is 0 Å². The SMILES string of the molecule is Cc1cc(Br)cnc1C(F)(F)C#N. The largest absolute Gasteiger partial charge is 0.374 e. The van der Waals surface area contributed by atoms with Gasteiger partial charge in [0.2, 0.25) is 0 Å². The molecule has 0 aliphatic rings. The lowest BCUT2D eigenvalue weighted by atomic mass is 10.1. The second-order valence-corrected chi connectivity index (χ2v) is 3.42. The van der Waals surface area contributed by atoms with Crippen LogP contribution in [-0.2, 0) is 5.92 Å². The zero-order chi connectivity index (χ0) is 10.1. The third-order valence-corrected chi connectivity index (χ3v) is 1.92. The van der Waals surface area contributed by atoms with Crippen molar-refractivity contribution >= 4 is 15.9 Å². The number of nitriles is 1. The maximum Gasteiger partial charge on any atom is 0.374 e. The van der Waals surface area contributed by atoms with Crippen molar-refractivity contribution in [2.24, 2.45) is 0 Å². The molecule has 0 atom stereocenters. The molecule has 0 radical (unpaired) electrons. The summed E-state index contributed by atoms with van der Waals surface area (Å²) in [6.45, 7) is 1.48. The van der Waals surface area contributed by atoms with Crippen molar-refractivity contribution in [1.82, 2.24) is 4.98 Å². The first-order chi connectivity index (χ1) is 5.97. The highest BCUT2D eigenvalue weighted by Crippen LogP contribution is 2.28. The Morgan fingerprint density at radius 1 is 1.62 bits per heavy atom. The molecule has 1 rings (SSSR count). The van der Waals surface area contributed by atoms with Gasteiger partial charge in [-0.25, -0.2) is 0 Å². The summed E-state index contributed by atoms with van der Waals surface area (Å²) >= 11 is 3.09. The van der Waals surface area contributed by atoms with E-state index in [2.05, 4.69) is 20.9 Å². The van der Waals surface area contributed by atoms with Crippen molar-refractivity contribution in [3.05, 3.63) is 28.0 Å². The molecule has 0 unspecified atom stereocenters. The highest BCUT2D eigenvalue weighted by molar-refractivity contribution is 9.10. The fourth-order valence-electron chi connectivity index (χ4n) is 0.922. The topological polar surface area (TPSA) is 36.7 Å². The molecule has 0 spiro atoms. The number of aromatic nitrogens is 1. The van der Waals surface area contributed by atoms with Gasteiger partial charge in [0, 0.05) is 10.7 Å². The predicted octanol–water partition coefficient (Wildman–Crippen LogP) is 2.77. The van der Waals surface area contributed by atoms with E-state index >= 15 is 0 Å². The summed E-state index contributed by atoms with van der Waals surface area (Å²) in [5.74, 6) is -3.51. The molecule has 5 heteroatoms. The van der Waals surface area contributed by atoms with Gasteiger partial charge in [0.15, 0.2) is 0 Å². The van der Waals surface area contributed by atoms with E-state index < -0.39 is 11.6 Å². The standard InChI is InChI=1S/C8H5BrF2N2/c1-5-2-6(9)3-13-7(5)8(10,11)4-12/h2-3H,1H3. The molecular weight excluding hydrogens is 242 g/mol. The second-order valence-electron chi connectivity index (χ2n) is 2.51. The lowest BCUT2D eigenvalue weighted by molar-refractivity contribution is 0.0555. The highest BCUT2D eigenvalue weighted by Gasteiger charge is 2.34. The average molecular weight is 247 g/mol. The van der Waals surface area contributed by atoms with Gasteiger partial charge in [-0.2, -0.15) is 14.0 Å². The minimum atomic E-state index is -3.51. The minimum Gasteiger partial charge on any atom is -0.252 e. The van der Waals surface area contributed by atoms with Gasteiger partial charge in [0.1, 0.15) is 11.8 Å². The fraction of sp³-hybridized carbons (Fsp3) is 0.250. The monoisotopic (exact) mass is 246 g/mol. The molecule has 0 aliphatic heterocycles. The zero-order valence-electron chi connectivity index (χ0n) is 6.68. The molecule has 0 saturated carbocycles. The maximum atomic E-state index is 12.8. The molecular formula is C8H5BrF2N2. The predicted molar refractivity (Wildman–Crippen MR) is 46.2 cm³/mol. The number of halogens is 3. The normalized spacial score (nSPS) is 11.0. The van der Waals surface area contributed by atoms with Crippen molar-refractivity contribution in [3.8, 4) is 6.07 Å². The fourth-order valence-corrected chi connectivity index (χ4v) is 1.37. The quantitative estimate of drug-likeness (QED) is 0.764. The van der Waals surface area contributed by atoms with E-state index in [9.17, 15) is 8.78 Å². The van der Waals surface area contributed by atoms with Gasteiger partial charge in [-0.3, -0.25) is 4.98 Å². The Bertz CT molecular complexity index is 371. The first kappa shape index (κ1) is 10.1. The summed E-state index contributed by atoms with van der Waals surface area (Å²) in [6.07, 6.45) is 1.24. The van der Waals surface area contributed by atoms with Gasteiger partial charge in [-0.1, -0.05) is 0 Å². The third-order valence-electron chi connectivity index (χ3n) is 1.48. The Hall–Kier alpha value is -1.02. The molecule has 68 valence electrons. The molecule has 0 N–H and O–H groups in total. The molecule has 1 aromatic heterocycles. The molecule has 13 heavy (non-hydrogen) atoms. The average Bonchev–Trinajstić information content (AvgIpc) is 2.03. The number of pyridine rings is 1. The van der Waals surface area contributed by atoms with Crippen LogP contribution in [0.4, 0.5) is 8.78 Å². The van der Waals surface area contributed by atoms with E-state index in [1.165, 1.54) is 19.2 Å². The van der Waals surface area contributed by atoms with Crippen LogP contribution in [0, 0.1) is 18.3 Å². The summed E-state index contributed by atoms with van der Waals surface area (Å²) < 4.78 is 26.3. The van der Waals surface area contributed by atoms with Crippen molar-refractivity contribution in [1.29, 1.82) is 5.26 Å². The van der Waals surface area contributed by atoms with Gasteiger partial charge in [-0.05, 0) is 34.5 Å². The van der Waals surface area contributed by atoms with Crippen molar-refractivity contribution in [2.75, 3.05) is 0 Å². The number of hydrogen-bond donors (Lipinski definition) is 0. The third kappa shape index (κ3) is 2.01. The van der Waals surface area contributed by atoms with Crippen LogP contribution in [0.25, 0.3) is 0 Å². The lowest BCUT2D eigenvalue weighted by Crippen LogP contribution is -2.14. The number of hydrogen-bond acceptors (Lipinski definition) is 2. The summed E-state index contributed by atoms with van der Waals surface area (Å²) in [5, 5.41) is 8.19. The first-order valence-corrected chi connectivity index (χ1v) is 4.18. The Morgan fingerprint density at radius 2 is 2.23 bits per heavy atom. The van der Waals surface area contributed by atoms with E-state index in [1.807, 2.05) is 0 Å². The number of aryl methyl sites for hydroxylation is 1. The number of nitrogens with zero attached hydrogens (tertiary/aromatic N) is 2. The van der Waals surface area contributed by atoms with Crippen LogP contribution in [0.3, 0.4) is 0 Å². The molecule has 1 aromatic rings. The van der Waals surface area contributed by atoms with Gasteiger partial charge >= 0.3 is 5.92 Å². The Kier molecular flexibility index (Phi) is 2.62. The van der Waals surface area contributed by atoms with Crippen LogP contribution >= 0.6 is 15.9 Å². The Labute approximate surface area is 82.3 Å². The molecule has 0 fully saturated rings. The molecule has 0 aliphatic carbocycles. The van der Waals surface area contributed by atoms with Gasteiger partial charge in [0.05, 0.1) is 0 Å². The second kappa shape index (κ2) is 3.38. The Morgan fingerprint density at radius 3 is 2.69 bits per heavy atom. The number of rotatable bonds is 1. The van der Waals surface area contributed by atoms with Crippen LogP contribution in [0.15, 0.2) is 16.7 Å². The summed E-state index contributed by atoms with van der Waals surface area (Å²) in [4.78, 5) is 3.50. The Balaban J connectivity index is 3.26. The molecule has 0 aromatic carbocycles. The molecule has 0 saturated heterocycles. The minimum absolute atomic E-state index is 0.293. The summed E-state index contributed by atoms with van der Waals surface area (Å²) in [5.41, 5.74) is -0.195. The van der Waals surface area contributed by atoms with E-state index in [4.69, 9.17) is 5.26 Å². The van der Waals surface area contributed by atoms with Crippen molar-refractivity contribution < 1.29 is 8.78 Å². The first-order valence-electron chi connectivity index (χ1n) is 3.39. The van der Waals surface area contributed by atoms with Crippen LogP contribution in [0.1, 0.15) is 11.3 Å². The van der Waals surface area contributed by atoms with Gasteiger partial charge in [-0.15, -0.1) is 0 Å². The van der Waals surface area contributed by atoms with Crippen LogP contribution in [0.5, 0.6) is 0 Å². The van der Waals surface area contributed by atoms with Gasteiger partial charge < -0.3 is 0 Å². The summed E-state index contributed by atoms with van der Waals surface area (Å²) in [7, 11) is 0. The molecule has 0 amide bonds. The van der Waals surface area contributed by atoms with Crippen LogP contribution in [-0.4, -0.2) is 4.98 Å². The highest BCUT2D eigenvalue weighted by atomic mass is 79.9. The van der Waals surface area contributed by atoms with Crippen molar-refractivity contribution in [3.63, 3.8) is 0 Å². The van der Waals surface area contributed by atoms with Gasteiger partial charge in [0.25, 0.3) is 0 Å². The lowest BCUT2D eigenvalue weighted by Gasteiger charge is -2.09. The molecule has 1 heterocycles. The zero-order valence-corrected chi connectivity index (χ0v) is 8.27. The molecule has 2 nitrogen and oxygen atoms in total. The van der Waals surface area contributed by atoms with Crippen LogP contribution in [0.2, 0.25) is 0 Å². The van der Waals surface area contributed by atoms with Crippen LogP contribution < -0.4 is 0 Å². The maximum absolute atomic E-state index is 12.8. The van der Waals surface area contributed by atoms with E-state index in [0.29, 0.717) is 10.0 Å². The smallest absolute Gasteiger partial charge is 0.252 e.